The van der Waals surface area contributed by atoms with Crippen molar-refractivity contribution in [3.8, 4) is 16.9 Å². The number of amides is 1. The molecule has 3 heterocycles. The number of fused-ring (bicyclic) bond motifs is 1. The molecule has 0 saturated carbocycles. The van der Waals surface area contributed by atoms with E-state index in [-0.39, 0.29) is 11.6 Å². The topological polar surface area (TPSA) is 77.1 Å². The van der Waals surface area contributed by atoms with Gasteiger partial charge in [-0.3, -0.25) is 9.20 Å². The fraction of sp³-hybridized carbons (Fsp3) is 0.0833. The Morgan fingerprint density at radius 2 is 1.58 bits per heavy atom. The van der Waals surface area contributed by atoms with Crippen LogP contribution in [0.2, 0.25) is 0 Å². The predicted molar refractivity (Wildman–Crippen MR) is 119 cm³/mol. The molecule has 0 fully saturated rings. The number of hydrogen-bond acceptors (Lipinski definition) is 4. The maximum absolute atomic E-state index is 13.2. The first-order valence-electron chi connectivity index (χ1n) is 9.95. The second kappa shape index (κ2) is 7.53. The van der Waals surface area contributed by atoms with Crippen LogP contribution < -0.4 is 5.32 Å². The van der Waals surface area contributed by atoms with Crippen molar-refractivity contribution in [2.24, 2.45) is 0 Å². The highest BCUT2D eigenvalue weighted by molar-refractivity contribution is 6.05. The number of carbonyl (C=O) groups is 1. The molecule has 0 saturated heterocycles. The molecule has 152 valence electrons. The van der Waals surface area contributed by atoms with Crippen LogP contribution in [0.25, 0.3) is 22.6 Å². The molecule has 31 heavy (non-hydrogen) atoms. The van der Waals surface area contributed by atoms with Gasteiger partial charge >= 0.3 is 0 Å². The van der Waals surface area contributed by atoms with Gasteiger partial charge in [0.1, 0.15) is 17.2 Å². The zero-order valence-corrected chi connectivity index (χ0v) is 17.1. The van der Waals surface area contributed by atoms with Crippen LogP contribution in [0.5, 0.6) is 0 Å². The molecule has 7 nitrogen and oxygen atoms in total. The van der Waals surface area contributed by atoms with Crippen LogP contribution in [-0.4, -0.2) is 30.3 Å². The molecular formula is C24H20N6O. The summed E-state index contributed by atoms with van der Waals surface area (Å²) in [5.41, 5.74) is 5.05. The molecule has 2 aromatic carbocycles. The van der Waals surface area contributed by atoms with Gasteiger partial charge in [0, 0.05) is 11.8 Å². The van der Waals surface area contributed by atoms with Gasteiger partial charge in [0.15, 0.2) is 5.69 Å². The van der Waals surface area contributed by atoms with Crippen LogP contribution in [0.3, 0.4) is 0 Å². The molecule has 0 aliphatic rings. The number of carbonyl (C=O) groups excluding carboxylic acids is 1. The van der Waals surface area contributed by atoms with Gasteiger partial charge in [0.05, 0.1) is 11.4 Å². The lowest BCUT2D eigenvalue weighted by molar-refractivity contribution is 0.102. The third-order valence-electron chi connectivity index (χ3n) is 5.11. The molecule has 5 aromatic rings. The highest BCUT2D eigenvalue weighted by atomic mass is 16.2. The average molecular weight is 408 g/mol. The summed E-state index contributed by atoms with van der Waals surface area (Å²) in [7, 11) is 0. The van der Waals surface area contributed by atoms with Crippen LogP contribution in [0.15, 0.2) is 79.0 Å². The van der Waals surface area contributed by atoms with E-state index in [2.05, 4.69) is 15.5 Å². The number of nitrogens with zero attached hydrogens (tertiary/aromatic N) is 5. The maximum atomic E-state index is 13.2. The van der Waals surface area contributed by atoms with Gasteiger partial charge < -0.3 is 5.32 Å². The van der Waals surface area contributed by atoms with Gasteiger partial charge in [-0.25, -0.2) is 4.98 Å². The Hall–Kier alpha value is -4.26. The molecule has 0 atom stereocenters. The normalized spacial score (nSPS) is 11.0. The molecule has 3 aromatic heterocycles. The number of para-hydroxylation sites is 1. The number of pyridine rings is 1. The highest BCUT2D eigenvalue weighted by Crippen LogP contribution is 2.30. The number of anilines is 1. The minimum absolute atomic E-state index is 0.269. The number of hydrogen-bond donors (Lipinski definition) is 1. The quantitative estimate of drug-likeness (QED) is 0.477. The van der Waals surface area contributed by atoms with Crippen LogP contribution in [0.4, 0.5) is 5.82 Å². The van der Waals surface area contributed by atoms with Crippen molar-refractivity contribution in [1.29, 1.82) is 0 Å². The van der Waals surface area contributed by atoms with Crippen molar-refractivity contribution in [3.05, 3.63) is 95.9 Å². The molecule has 0 aliphatic carbocycles. The molecule has 5 rings (SSSR count). The third kappa shape index (κ3) is 3.36. The van der Waals surface area contributed by atoms with Crippen molar-refractivity contribution in [1.82, 2.24) is 24.4 Å². The van der Waals surface area contributed by atoms with E-state index in [1.807, 2.05) is 90.3 Å². The Bertz CT molecular complexity index is 1390. The molecule has 1 N–H and O–H groups in total. The standard InChI is InChI=1S/C24H20N6O/c1-16-10-9-15-29-22(16)25-21(18-11-5-3-6-12-18)23(29)26-24(31)20-17(2)27-30(28-20)19-13-7-4-8-14-19/h3-15H,1-2H3,(H,26,31). The molecule has 0 aliphatic heterocycles. The first kappa shape index (κ1) is 18.7. The number of aryl methyl sites for hydroxylation is 2. The number of aromatic nitrogens is 5. The molecular weight excluding hydrogens is 388 g/mol. The Labute approximate surface area is 179 Å². The third-order valence-corrected chi connectivity index (χ3v) is 5.11. The number of nitrogens with one attached hydrogen (secondary N) is 1. The summed E-state index contributed by atoms with van der Waals surface area (Å²) >= 11 is 0. The van der Waals surface area contributed by atoms with Crippen LogP contribution in [0, 0.1) is 13.8 Å². The zero-order valence-electron chi connectivity index (χ0n) is 17.1. The number of imidazole rings is 1. The van der Waals surface area contributed by atoms with Crippen LogP contribution >= 0.6 is 0 Å². The largest absolute Gasteiger partial charge is 0.304 e. The maximum Gasteiger partial charge on any atom is 0.279 e. The minimum Gasteiger partial charge on any atom is -0.304 e. The predicted octanol–water partition coefficient (Wildman–Crippen LogP) is 4.45. The van der Waals surface area contributed by atoms with Gasteiger partial charge in [-0.05, 0) is 37.6 Å². The van der Waals surface area contributed by atoms with Gasteiger partial charge in [-0.2, -0.15) is 9.90 Å². The van der Waals surface area contributed by atoms with Gasteiger partial charge in [-0.1, -0.05) is 54.6 Å². The van der Waals surface area contributed by atoms with E-state index in [0.717, 1.165) is 22.5 Å². The molecule has 0 bridgehead atoms. The Morgan fingerprint density at radius 3 is 2.32 bits per heavy atom. The average Bonchev–Trinajstić information content (AvgIpc) is 3.37. The van der Waals surface area contributed by atoms with E-state index < -0.39 is 0 Å². The van der Waals surface area contributed by atoms with Crippen molar-refractivity contribution in [3.63, 3.8) is 0 Å². The number of benzene rings is 2. The fourth-order valence-electron chi connectivity index (χ4n) is 3.55. The lowest BCUT2D eigenvalue weighted by Gasteiger charge is -2.07. The summed E-state index contributed by atoms with van der Waals surface area (Å²) in [4.78, 5) is 19.5. The van der Waals surface area contributed by atoms with E-state index in [1.54, 1.807) is 6.92 Å². The molecule has 0 spiro atoms. The Balaban J connectivity index is 1.57. The van der Waals surface area contributed by atoms with E-state index in [1.165, 1.54) is 4.80 Å². The molecule has 0 radical (unpaired) electrons. The second-order valence-electron chi connectivity index (χ2n) is 7.27. The zero-order chi connectivity index (χ0) is 21.4. The lowest BCUT2D eigenvalue weighted by Crippen LogP contribution is -2.16. The molecule has 0 unspecified atom stereocenters. The van der Waals surface area contributed by atoms with E-state index in [4.69, 9.17) is 4.98 Å². The van der Waals surface area contributed by atoms with Crippen LogP contribution in [0.1, 0.15) is 21.7 Å². The lowest BCUT2D eigenvalue weighted by atomic mass is 10.1. The van der Waals surface area contributed by atoms with Gasteiger partial charge in [0.2, 0.25) is 0 Å². The van der Waals surface area contributed by atoms with E-state index >= 15 is 0 Å². The van der Waals surface area contributed by atoms with Crippen molar-refractivity contribution < 1.29 is 4.79 Å². The Morgan fingerprint density at radius 1 is 0.871 bits per heavy atom. The molecule has 7 heteroatoms. The summed E-state index contributed by atoms with van der Waals surface area (Å²) < 4.78 is 1.90. The summed E-state index contributed by atoms with van der Waals surface area (Å²) in [5.74, 6) is 0.267. The summed E-state index contributed by atoms with van der Waals surface area (Å²) in [6, 6.07) is 23.3. The van der Waals surface area contributed by atoms with Crippen molar-refractivity contribution >= 4 is 17.4 Å². The first-order chi connectivity index (χ1) is 15.1. The monoisotopic (exact) mass is 408 g/mol. The van der Waals surface area contributed by atoms with Crippen molar-refractivity contribution in [2.75, 3.05) is 5.32 Å². The summed E-state index contributed by atoms with van der Waals surface area (Å²) in [6.07, 6.45) is 1.89. The van der Waals surface area contributed by atoms with Gasteiger partial charge in [-0.15, -0.1) is 5.10 Å². The Kier molecular flexibility index (Phi) is 4.55. The van der Waals surface area contributed by atoms with Crippen LogP contribution in [-0.2, 0) is 0 Å². The van der Waals surface area contributed by atoms with E-state index in [0.29, 0.717) is 17.2 Å². The minimum atomic E-state index is -0.333. The summed E-state index contributed by atoms with van der Waals surface area (Å²) in [6.45, 7) is 3.77. The fourth-order valence-corrected chi connectivity index (χ4v) is 3.55. The summed E-state index contributed by atoms with van der Waals surface area (Å²) in [5, 5.41) is 11.9. The second-order valence-corrected chi connectivity index (χ2v) is 7.27. The first-order valence-corrected chi connectivity index (χ1v) is 9.95. The SMILES string of the molecule is Cc1nn(-c2ccccc2)nc1C(=O)Nc1c(-c2ccccc2)nc2c(C)cccn12. The number of rotatable bonds is 4. The molecule has 1 amide bonds. The van der Waals surface area contributed by atoms with Crippen molar-refractivity contribution in [2.45, 2.75) is 13.8 Å². The van der Waals surface area contributed by atoms with Gasteiger partial charge in [0.25, 0.3) is 5.91 Å². The van der Waals surface area contributed by atoms with E-state index in [9.17, 15) is 4.79 Å². The highest BCUT2D eigenvalue weighted by Gasteiger charge is 2.22. The smallest absolute Gasteiger partial charge is 0.279 e.